The molecule has 1 aromatic carbocycles. The second-order valence-corrected chi connectivity index (χ2v) is 5.48. The number of hydrogen-bond acceptors (Lipinski definition) is 4. The van der Waals surface area contributed by atoms with Crippen LogP contribution in [0.2, 0.25) is 0 Å². The highest BCUT2D eigenvalue weighted by atomic mass is 16.7. The summed E-state index contributed by atoms with van der Waals surface area (Å²) in [5.74, 6) is 1.75. The first-order valence-electron chi connectivity index (χ1n) is 7.12. The Kier molecular flexibility index (Phi) is 3.62. The van der Waals surface area contributed by atoms with Crippen molar-refractivity contribution < 1.29 is 9.47 Å². The molecule has 0 amide bonds. The third-order valence-electron chi connectivity index (χ3n) is 4.10. The molecule has 0 aromatic heterocycles. The van der Waals surface area contributed by atoms with Gasteiger partial charge in [0.15, 0.2) is 11.5 Å². The third-order valence-corrected chi connectivity index (χ3v) is 4.10. The number of nitrogens with zero attached hydrogens (tertiary/aromatic N) is 1. The van der Waals surface area contributed by atoms with Crippen molar-refractivity contribution >= 4 is 0 Å². The van der Waals surface area contributed by atoms with Crippen molar-refractivity contribution in [3.8, 4) is 11.5 Å². The van der Waals surface area contributed by atoms with E-state index >= 15 is 0 Å². The minimum absolute atomic E-state index is 0.348. The van der Waals surface area contributed by atoms with E-state index < -0.39 is 0 Å². The molecule has 2 atom stereocenters. The minimum Gasteiger partial charge on any atom is -0.454 e. The highest BCUT2D eigenvalue weighted by Crippen LogP contribution is 2.33. The van der Waals surface area contributed by atoms with E-state index in [-0.39, 0.29) is 0 Å². The van der Waals surface area contributed by atoms with E-state index in [0.717, 1.165) is 31.1 Å². The quantitative estimate of drug-likeness (QED) is 0.903. The molecular weight excluding hydrogens is 240 g/mol. The fourth-order valence-corrected chi connectivity index (χ4v) is 2.76. The van der Waals surface area contributed by atoms with Crippen LogP contribution in [0, 0.1) is 0 Å². The van der Waals surface area contributed by atoms with Gasteiger partial charge < -0.3 is 14.8 Å². The van der Waals surface area contributed by atoms with Gasteiger partial charge in [-0.25, -0.2) is 0 Å². The van der Waals surface area contributed by atoms with E-state index in [0.29, 0.717) is 18.9 Å². The van der Waals surface area contributed by atoms with Crippen molar-refractivity contribution in [3.63, 3.8) is 0 Å². The predicted octanol–water partition coefficient (Wildman–Crippen LogP) is 1.99. The first kappa shape index (κ1) is 12.8. The van der Waals surface area contributed by atoms with Crippen molar-refractivity contribution in [1.82, 2.24) is 10.2 Å². The van der Waals surface area contributed by atoms with Crippen LogP contribution in [0.25, 0.3) is 0 Å². The van der Waals surface area contributed by atoms with Crippen LogP contribution in [0.3, 0.4) is 0 Å². The molecule has 104 valence electrons. The molecule has 2 aliphatic rings. The molecule has 1 saturated heterocycles. The lowest BCUT2D eigenvalue weighted by Gasteiger charge is -2.38. The molecule has 0 bridgehead atoms. The van der Waals surface area contributed by atoms with Crippen LogP contribution in [0.4, 0.5) is 0 Å². The second-order valence-electron chi connectivity index (χ2n) is 5.48. The van der Waals surface area contributed by atoms with E-state index in [1.807, 2.05) is 6.07 Å². The summed E-state index contributed by atoms with van der Waals surface area (Å²) >= 11 is 0. The van der Waals surface area contributed by atoms with Gasteiger partial charge in [0.25, 0.3) is 0 Å². The zero-order valence-corrected chi connectivity index (χ0v) is 11.7. The molecule has 1 N–H and O–H groups in total. The molecule has 2 aliphatic heterocycles. The normalized spacial score (nSPS) is 26.6. The van der Waals surface area contributed by atoms with Crippen LogP contribution < -0.4 is 14.8 Å². The molecule has 19 heavy (non-hydrogen) atoms. The van der Waals surface area contributed by atoms with Crippen LogP contribution >= 0.6 is 0 Å². The Labute approximate surface area is 114 Å². The van der Waals surface area contributed by atoms with Crippen LogP contribution in [0.5, 0.6) is 11.5 Å². The minimum atomic E-state index is 0.348. The lowest BCUT2D eigenvalue weighted by atomic mass is 10.1. The Morgan fingerprint density at radius 3 is 3.00 bits per heavy atom. The number of benzene rings is 1. The van der Waals surface area contributed by atoms with Gasteiger partial charge in [-0.3, -0.25) is 4.90 Å². The molecule has 2 unspecified atom stereocenters. The van der Waals surface area contributed by atoms with Gasteiger partial charge in [0.05, 0.1) is 0 Å². The van der Waals surface area contributed by atoms with E-state index in [2.05, 4.69) is 36.2 Å². The average molecular weight is 262 g/mol. The summed E-state index contributed by atoms with van der Waals surface area (Å²) in [4.78, 5) is 2.54. The topological polar surface area (TPSA) is 33.7 Å². The van der Waals surface area contributed by atoms with Crippen molar-refractivity contribution in [2.45, 2.75) is 38.9 Å². The van der Waals surface area contributed by atoms with E-state index in [9.17, 15) is 0 Å². The highest BCUT2D eigenvalue weighted by Gasteiger charge is 2.24. The average Bonchev–Trinajstić information content (AvgIpc) is 2.89. The predicted molar refractivity (Wildman–Crippen MR) is 74.5 cm³/mol. The Bertz CT molecular complexity index is 450. The second kappa shape index (κ2) is 5.39. The Hall–Kier alpha value is -1.26. The molecule has 3 rings (SSSR count). The van der Waals surface area contributed by atoms with Gasteiger partial charge in [-0.1, -0.05) is 13.0 Å². The van der Waals surface area contributed by atoms with E-state index in [1.165, 1.54) is 12.0 Å². The monoisotopic (exact) mass is 262 g/mol. The first-order chi connectivity index (χ1) is 9.26. The fraction of sp³-hybridized carbons (Fsp3) is 0.600. The van der Waals surface area contributed by atoms with Crippen molar-refractivity contribution in [2.75, 3.05) is 19.9 Å². The zero-order chi connectivity index (χ0) is 13.2. The van der Waals surface area contributed by atoms with Crippen LogP contribution in [0.15, 0.2) is 18.2 Å². The lowest BCUT2D eigenvalue weighted by Crippen LogP contribution is -2.54. The number of ether oxygens (including phenoxy) is 2. The van der Waals surface area contributed by atoms with Crippen LogP contribution in [0.1, 0.15) is 25.8 Å². The van der Waals surface area contributed by atoms with Gasteiger partial charge in [0, 0.05) is 31.7 Å². The van der Waals surface area contributed by atoms with Gasteiger partial charge in [-0.2, -0.15) is 0 Å². The highest BCUT2D eigenvalue weighted by molar-refractivity contribution is 5.44. The molecule has 4 heteroatoms. The summed E-state index contributed by atoms with van der Waals surface area (Å²) in [5, 5.41) is 3.59. The van der Waals surface area contributed by atoms with Crippen LogP contribution in [-0.4, -0.2) is 36.9 Å². The molecule has 0 radical (unpaired) electrons. The van der Waals surface area contributed by atoms with Gasteiger partial charge >= 0.3 is 0 Å². The lowest BCUT2D eigenvalue weighted by molar-refractivity contribution is 0.131. The number of fused-ring (bicyclic) bond motifs is 1. The third kappa shape index (κ3) is 2.69. The Morgan fingerprint density at radius 1 is 1.32 bits per heavy atom. The summed E-state index contributed by atoms with van der Waals surface area (Å²) in [6, 6.07) is 7.46. The molecule has 0 spiro atoms. The largest absolute Gasteiger partial charge is 0.454 e. The van der Waals surface area contributed by atoms with E-state index in [1.54, 1.807) is 0 Å². The summed E-state index contributed by atoms with van der Waals surface area (Å²) in [5.41, 5.74) is 1.30. The van der Waals surface area contributed by atoms with Crippen LogP contribution in [-0.2, 0) is 6.54 Å². The molecule has 1 fully saturated rings. The molecule has 1 aromatic rings. The molecule has 0 aliphatic carbocycles. The standard InChI is InChI=1S/C15H22N2O2/c1-3-13-9-17(11(2)7-16-13)8-12-4-5-14-15(6-12)19-10-18-14/h4-6,11,13,16H,3,7-10H2,1-2H3. The maximum Gasteiger partial charge on any atom is 0.231 e. The number of hydrogen-bond donors (Lipinski definition) is 1. The molecule has 4 nitrogen and oxygen atoms in total. The van der Waals surface area contributed by atoms with Gasteiger partial charge in [0.1, 0.15) is 0 Å². The molecule has 2 heterocycles. The smallest absolute Gasteiger partial charge is 0.231 e. The summed E-state index contributed by atoms with van der Waals surface area (Å²) in [6.45, 7) is 8.05. The summed E-state index contributed by atoms with van der Waals surface area (Å²) < 4.78 is 10.8. The van der Waals surface area contributed by atoms with Crippen molar-refractivity contribution in [1.29, 1.82) is 0 Å². The summed E-state index contributed by atoms with van der Waals surface area (Å²) in [7, 11) is 0. The SMILES string of the molecule is CCC1CN(Cc2ccc3c(c2)OCO3)C(C)CN1. The van der Waals surface area contributed by atoms with E-state index in [4.69, 9.17) is 9.47 Å². The number of nitrogens with one attached hydrogen (secondary N) is 1. The zero-order valence-electron chi connectivity index (χ0n) is 11.7. The Balaban J connectivity index is 1.69. The summed E-state index contributed by atoms with van der Waals surface area (Å²) in [6.07, 6.45) is 1.18. The van der Waals surface area contributed by atoms with Crippen molar-refractivity contribution in [2.24, 2.45) is 0 Å². The van der Waals surface area contributed by atoms with Gasteiger partial charge in [-0.05, 0) is 31.0 Å². The van der Waals surface area contributed by atoms with Crippen molar-refractivity contribution in [3.05, 3.63) is 23.8 Å². The Morgan fingerprint density at radius 2 is 2.16 bits per heavy atom. The first-order valence-corrected chi connectivity index (χ1v) is 7.12. The van der Waals surface area contributed by atoms with Gasteiger partial charge in [-0.15, -0.1) is 0 Å². The fourth-order valence-electron chi connectivity index (χ4n) is 2.76. The maximum absolute atomic E-state index is 5.44. The maximum atomic E-state index is 5.44. The molecule has 0 saturated carbocycles. The number of piperazine rings is 1. The number of rotatable bonds is 3. The molecular formula is C15H22N2O2. The van der Waals surface area contributed by atoms with Gasteiger partial charge in [0.2, 0.25) is 6.79 Å².